The SMILES string of the molecule is COc1cc([C@H]2C(C#N)=C(N)Oc3n[nH]c(-c4cc(C)sc4C)c32)cc(OC)c1O. The van der Waals surface area contributed by atoms with E-state index in [2.05, 4.69) is 22.3 Å². The third-order valence-corrected chi connectivity index (χ3v) is 6.05. The topological polar surface area (TPSA) is 126 Å². The molecule has 0 saturated heterocycles. The van der Waals surface area contributed by atoms with Gasteiger partial charge in [0.15, 0.2) is 11.5 Å². The molecule has 1 atom stereocenters. The Kier molecular flexibility index (Phi) is 4.79. The van der Waals surface area contributed by atoms with Gasteiger partial charge in [-0.3, -0.25) is 5.10 Å². The molecule has 3 aromatic rings. The molecule has 3 heterocycles. The minimum absolute atomic E-state index is 0.0164. The number of phenolic OH excluding ortho intramolecular Hbond substituents is 1. The highest BCUT2D eigenvalue weighted by Crippen LogP contribution is 2.49. The number of aryl methyl sites for hydroxylation is 2. The molecule has 4 N–H and O–H groups in total. The fourth-order valence-corrected chi connectivity index (χ4v) is 4.67. The summed E-state index contributed by atoms with van der Waals surface area (Å²) in [6.45, 7) is 4.06. The van der Waals surface area contributed by atoms with Crippen molar-refractivity contribution in [3.63, 3.8) is 0 Å². The maximum Gasteiger partial charge on any atom is 0.244 e. The number of nitrogens with two attached hydrogens (primary N) is 1. The number of thiophene rings is 1. The summed E-state index contributed by atoms with van der Waals surface area (Å²) >= 11 is 1.67. The Morgan fingerprint density at radius 1 is 1.23 bits per heavy atom. The van der Waals surface area contributed by atoms with Crippen molar-refractivity contribution in [2.24, 2.45) is 5.73 Å². The van der Waals surface area contributed by atoms with Crippen molar-refractivity contribution in [2.45, 2.75) is 19.8 Å². The molecule has 9 heteroatoms. The zero-order chi connectivity index (χ0) is 21.6. The van der Waals surface area contributed by atoms with Crippen molar-refractivity contribution >= 4 is 11.3 Å². The highest BCUT2D eigenvalue weighted by molar-refractivity contribution is 7.12. The molecule has 0 spiro atoms. The Labute approximate surface area is 177 Å². The summed E-state index contributed by atoms with van der Waals surface area (Å²) in [4.78, 5) is 2.27. The van der Waals surface area contributed by atoms with Crippen LogP contribution >= 0.6 is 11.3 Å². The fourth-order valence-electron chi connectivity index (χ4n) is 3.74. The van der Waals surface area contributed by atoms with Gasteiger partial charge >= 0.3 is 0 Å². The van der Waals surface area contributed by atoms with Crippen LogP contribution in [-0.4, -0.2) is 29.5 Å². The van der Waals surface area contributed by atoms with Gasteiger partial charge in [-0.05, 0) is 37.6 Å². The summed E-state index contributed by atoms with van der Waals surface area (Å²) in [6.07, 6.45) is 0. The van der Waals surface area contributed by atoms with Crippen LogP contribution in [0.3, 0.4) is 0 Å². The molecule has 1 aliphatic heterocycles. The Morgan fingerprint density at radius 2 is 1.90 bits per heavy atom. The van der Waals surface area contributed by atoms with Gasteiger partial charge in [0.1, 0.15) is 11.6 Å². The number of allylic oxidation sites excluding steroid dienone is 1. The van der Waals surface area contributed by atoms with Crippen LogP contribution in [0.4, 0.5) is 0 Å². The summed E-state index contributed by atoms with van der Waals surface area (Å²) in [5.41, 5.74) is 9.37. The summed E-state index contributed by atoms with van der Waals surface area (Å²) < 4.78 is 16.3. The number of nitriles is 1. The van der Waals surface area contributed by atoms with Gasteiger partial charge in [-0.15, -0.1) is 16.4 Å². The average molecular weight is 424 g/mol. The van der Waals surface area contributed by atoms with Gasteiger partial charge in [-0.1, -0.05) is 0 Å². The third kappa shape index (κ3) is 2.93. The second-order valence-corrected chi connectivity index (χ2v) is 8.30. The lowest BCUT2D eigenvalue weighted by atomic mass is 9.82. The largest absolute Gasteiger partial charge is 0.502 e. The predicted octanol–water partition coefficient (Wildman–Crippen LogP) is 3.70. The van der Waals surface area contributed by atoms with Crippen molar-refractivity contribution in [2.75, 3.05) is 14.2 Å². The maximum absolute atomic E-state index is 10.3. The number of methoxy groups -OCH3 is 2. The summed E-state index contributed by atoms with van der Waals surface area (Å²) in [6, 6.07) is 7.55. The highest BCUT2D eigenvalue weighted by Gasteiger charge is 2.37. The van der Waals surface area contributed by atoms with Gasteiger partial charge in [-0.2, -0.15) is 5.26 Å². The Balaban J connectivity index is 2.00. The number of nitrogens with zero attached hydrogens (tertiary/aromatic N) is 2. The molecule has 154 valence electrons. The number of aromatic nitrogens is 2. The predicted molar refractivity (Wildman–Crippen MR) is 112 cm³/mol. The van der Waals surface area contributed by atoms with E-state index in [1.165, 1.54) is 14.2 Å². The van der Waals surface area contributed by atoms with Crippen molar-refractivity contribution in [1.82, 2.24) is 10.2 Å². The number of hydrogen-bond acceptors (Lipinski definition) is 8. The standard InChI is InChI=1S/C21H20N4O4S/c1-9-5-12(10(2)30-9)18-17-16(13(8-22)20(23)29-21(17)25-24-18)11-6-14(27-3)19(26)15(7-11)28-4/h5-7,16,26H,23H2,1-4H3,(H,24,25)/t16-/m0/s1. The quantitative estimate of drug-likeness (QED) is 0.583. The number of phenols is 1. The maximum atomic E-state index is 10.3. The van der Waals surface area contributed by atoms with E-state index in [1.54, 1.807) is 23.5 Å². The van der Waals surface area contributed by atoms with E-state index in [0.29, 0.717) is 17.0 Å². The Morgan fingerprint density at radius 3 is 2.43 bits per heavy atom. The second kappa shape index (κ2) is 7.31. The second-order valence-electron chi connectivity index (χ2n) is 6.84. The van der Waals surface area contributed by atoms with Gasteiger partial charge in [0.2, 0.25) is 17.5 Å². The fraction of sp³-hybridized carbons (Fsp3) is 0.238. The number of rotatable bonds is 4. The number of fused-ring (bicyclic) bond motifs is 1. The highest BCUT2D eigenvalue weighted by atomic mass is 32.1. The minimum Gasteiger partial charge on any atom is -0.502 e. The molecule has 1 aliphatic rings. The Hall–Kier alpha value is -3.64. The lowest BCUT2D eigenvalue weighted by molar-refractivity contribution is 0.338. The number of hydrogen-bond donors (Lipinski definition) is 3. The molecule has 0 amide bonds. The van der Waals surface area contributed by atoms with E-state index < -0.39 is 5.92 Å². The molecule has 30 heavy (non-hydrogen) atoms. The van der Waals surface area contributed by atoms with Gasteiger partial charge in [0.25, 0.3) is 0 Å². The molecule has 8 nitrogen and oxygen atoms in total. The molecule has 4 rings (SSSR count). The zero-order valence-electron chi connectivity index (χ0n) is 16.9. The lowest BCUT2D eigenvalue weighted by Gasteiger charge is -2.25. The van der Waals surface area contributed by atoms with Gasteiger partial charge in [0, 0.05) is 15.3 Å². The number of aromatic hydroxyl groups is 1. The van der Waals surface area contributed by atoms with Crippen molar-refractivity contribution in [1.29, 1.82) is 5.26 Å². The first-order valence-electron chi connectivity index (χ1n) is 9.07. The van der Waals surface area contributed by atoms with E-state index in [-0.39, 0.29) is 28.7 Å². The summed E-state index contributed by atoms with van der Waals surface area (Å²) in [5, 5.41) is 27.5. The van der Waals surface area contributed by atoms with Gasteiger partial charge < -0.3 is 25.1 Å². The van der Waals surface area contributed by atoms with Gasteiger partial charge in [-0.25, -0.2) is 0 Å². The number of H-pyrrole nitrogens is 1. The van der Waals surface area contributed by atoms with Crippen LogP contribution in [0.5, 0.6) is 23.1 Å². The molecule has 2 aromatic heterocycles. The molecule has 0 aliphatic carbocycles. The van der Waals surface area contributed by atoms with Crippen molar-refractivity contribution in [3.8, 4) is 40.5 Å². The molecule has 0 bridgehead atoms. The number of benzene rings is 1. The zero-order valence-corrected chi connectivity index (χ0v) is 17.7. The molecular formula is C21H20N4O4S. The minimum atomic E-state index is -0.587. The van der Waals surface area contributed by atoms with Crippen LogP contribution < -0.4 is 19.9 Å². The van der Waals surface area contributed by atoms with Crippen LogP contribution in [0.15, 0.2) is 29.7 Å². The van der Waals surface area contributed by atoms with Crippen LogP contribution in [0.25, 0.3) is 11.3 Å². The van der Waals surface area contributed by atoms with Crippen molar-refractivity contribution < 1.29 is 19.3 Å². The lowest BCUT2D eigenvalue weighted by Crippen LogP contribution is -2.21. The van der Waals surface area contributed by atoms with E-state index in [4.69, 9.17) is 19.9 Å². The summed E-state index contributed by atoms with van der Waals surface area (Å²) in [5.74, 6) is 0.0264. The monoisotopic (exact) mass is 424 g/mol. The van der Waals surface area contributed by atoms with E-state index in [0.717, 1.165) is 21.0 Å². The number of ether oxygens (including phenoxy) is 3. The molecule has 0 unspecified atom stereocenters. The van der Waals surface area contributed by atoms with Crippen LogP contribution in [0, 0.1) is 25.2 Å². The first-order chi connectivity index (χ1) is 14.4. The van der Waals surface area contributed by atoms with E-state index in [1.807, 2.05) is 13.8 Å². The van der Waals surface area contributed by atoms with Crippen LogP contribution in [0.2, 0.25) is 0 Å². The molecule has 0 radical (unpaired) electrons. The normalized spacial score (nSPS) is 15.4. The molecule has 0 fully saturated rings. The number of nitrogens with one attached hydrogen (secondary N) is 1. The summed E-state index contributed by atoms with van der Waals surface area (Å²) in [7, 11) is 2.90. The number of aromatic amines is 1. The third-order valence-electron chi connectivity index (χ3n) is 5.08. The first kappa shape index (κ1) is 19.7. The van der Waals surface area contributed by atoms with E-state index in [9.17, 15) is 10.4 Å². The molecular weight excluding hydrogens is 404 g/mol. The molecule has 1 aromatic carbocycles. The Bertz CT molecular complexity index is 1190. The molecule has 0 saturated carbocycles. The van der Waals surface area contributed by atoms with Crippen molar-refractivity contribution in [3.05, 3.63) is 50.5 Å². The van der Waals surface area contributed by atoms with E-state index >= 15 is 0 Å². The van der Waals surface area contributed by atoms with Crippen LogP contribution in [-0.2, 0) is 0 Å². The van der Waals surface area contributed by atoms with Gasteiger partial charge in [0.05, 0.1) is 31.4 Å². The first-order valence-corrected chi connectivity index (χ1v) is 9.89. The average Bonchev–Trinajstić information content (AvgIpc) is 3.28. The van der Waals surface area contributed by atoms with Crippen LogP contribution in [0.1, 0.15) is 26.8 Å². The smallest absolute Gasteiger partial charge is 0.244 e.